The highest BCUT2D eigenvalue weighted by Crippen LogP contribution is 2.28. The Balaban J connectivity index is 1.73. The molecule has 4 nitrogen and oxygen atoms in total. The first-order chi connectivity index (χ1) is 9.76. The Kier molecular flexibility index (Phi) is 3.56. The van der Waals surface area contributed by atoms with Crippen molar-refractivity contribution in [3.63, 3.8) is 0 Å². The second-order valence-electron chi connectivity index (χ2n) is 4.99. The molecule has 0 bridgehead atoms. The van der Waals surface area contributed by atoms with Gasteiger partial charge in [0.1, 0.15) is 5.75 Å². The smallest absolute Gasteiger partial charge is 0.212 e. The average molecular weight is 270 g/mol. The Hall–Kier alpha value is -2.07. The van der Waals surface area contributed by atoms with Gasteiger partial charge in [-0.05, 0) is 29.2 Å². The largest absolute Gasteiger partial charge is 0.493 e. The van der Waals surface area contributed by atoms with E-state index in [9.17, 15) is 0 Å². The molecule has 1 aromatic carbocycles. The number of rotatable bonds is 4. The lowest BCUT2D eigenvalue weighted by Crippen LogP contribution is -2.13. The molecule has 3 rings (SSSR count). The fourth-order valence-electron chi connectivity index (χ4n) is 2.46. The summed E-state index contributed by atoms with van der Waals surface area (Å²) in [6.07, 6.45) is 3.55. The van der Waals surface area contributed by atoms with E-state index in [0.29, 0.717) is 5.88 Å². The number of nitrogens with two attached hydrogens (primary N) is 1. The molecule has 0 spiro atoms. The molecule has 0 saturated carbocycles. The number of aromatic nitrogens is 1. The fraction of sp³-hybridized carbons (Fsp3) is 0.312. The normalized spacial score (nSPS) is 14.5. The van der Waals surface area contributed by atoms with Crippen molar-refractivity contribution in [1.29, 1.82) is 0 Å². The topological polar surface area (TPSA) is 57.4 Å². The summed E-state index contributed by atoms with van der Waals surface area (Å²) in [5.41, 5.74) is 9.80. The van der Waals surface area contributed by atoms with Crippen LogP contribution in [0.1, 0.15) is 22.7 Å². The SMILES string of the molecule is COc1ccc(CC(N)c2ccc3c(c2)CCO3)cn1. The van der Waals surface area contributed by atoms with E-state index < -0.39 is 0 Å². The molecular weight excluding hydrogens is 252 g/mol. The number of nitrogens with zero attached hydrogens (tertiary/aromatic N) is 1. The Morgan fingerprint density at radius 1 is 1.35 bits per heavy atom. The molecule has 2 aromatic rings. The lowest BCUT2D eigenvalue weighted by atomic mass is 9.98. The van der Waals surface area contributed by atoms with Gasteiger partial charge in [-0.2, -0.15) is 0 Å². The molecule has 1 aromatic heterocycles. The van der Waals surface area contributed by atoms with Gasteiger partial charge in [-0.3, -0.25) is 0 Å². The highest BCUT2D eigenvalue weighted by atomic mass is 16.5. The molecule has 0 saturated heterocycles. The third-order valence-electron chi connectivity index (χ3n) is 3.60. The maximum Gasteiger partial charge on any atom is 0.212 e. The standard InChI is InChI=1S/C16H18N2O2/c1-19-16-5-2-11(10-18-16)8-14(17)12-3-4-15-13(9-12)6-7-20-15/h2-5,9-10,14H,6-8,17H2,1H3. The predicted molar refractivity (Wildman–Crippen MR) is 77.1 cm³/mol. The minimum atomic E-state index is -0.0314. The molecule has 1 unspecified atom stereocenters. The molecule has 0 radical (unpaired) electrons. The van der Waals surface area contributed by atoms with E-state index in [1.807, 2.05) is 30.5 Å². The van der Waals surface area contributed by atoms with Crippen LogP contribution in [0.3, 0.4) is 0 Å². The van der Waals surface area contributed by atoms with Crippen molar-refractivity contribution in [2.45, 2.75) is 18.9 Å². The van der Waals surface area contributed by atoms with E-state index in [1.54, 1.807) is 7.11 Å². The van der Waals surface area contributed by atoms with Gasteiger partial charge in [0.2, 0.25) is 5.88 Å². The summed E-state index contributed by atoms with van der Waals surface area (Å²) in [6, 6.07) is 10.1. The molecule has 1 atom stereocenters. The lowest BCUT2D eigenvalue weighted by molar-refractivity contribution is 0.357. The van der Waals surface area contributed by atoms with E-state index in [0.717, 1.165) is 36.3 Å². The van der Waals surface area contributed by atoms with Gasteiger partial charge in [-0.25, -0.2) is 4.98 Å². The van der Waals surface area contributed by atoms with Gasteiger partial charge in [-0.1, -0.05) is 18.2 Å². The number of methoxy groups -OCH3 is 1. The summed E-state index contributed by atoms with van der Waals surface area (Å²) in [7, 11) is 1.61. The highest BCUT2D eigenvalue weighted by Gasteiger charge is 2.15. The molecule has 104 valence electrons. The Bertz CT molecular complexity index is 596. The van der Waals surface area contributed by atoms with Crippen molar-refractivity contribution in [2.24, 2.45) is 5.73 Å². The first-order valence-corrected chi connectivity index (χ1v) is 6.76. The van der Waals surface area contributed by atoms with Crippen LogP contribution in [0.15, 0.2) is 36.5 Å². The van der Waals surface area contributed by atoms with Crippen molar-refractivity contribution in [1.82, 2.24) is 4.98 Å². The summed E-state index contributed by atoms with van der Waals surface area (Å²) in [6.45, 7) is 0.774. The van der Waals surface area contributed by atoms with Crippen molar-refractivity contribution in [3.8, 4) is 11.6 Å². The van der Waals surface area contributed by atoms with Crippen LogP contribution in [0, 0.1) is 0 Å². The molecule has 0 aliphatic carbocycles. The van der Waals surface area contributed by atoms with Crippen LogP contribution < -0.4 is 15.2 Å². The van der Waals surface area contributed by atoms with Crippen LogP contribution in [-0.4, -0.2) is 18.7 Å². The molecule has 2 heterocycles. The zero-order valence-corrected chi connectivity index (χ0v) is 11.5. The average Bonchev–Trinajstić information content (AvgIpc) is 2.95. The Morgan fingerprint density at radius 3 is 3.00 bits per heavy atom. The molecule has 4 heteroatoms. The fourth-order valence-corrected chi connectivity index (χ4v) is 2.46. The van der Waals surface area contributed by atoms with Crippen LogP contribution in [0.4, 0.5) is 0 Å². The minimum Gasteiger partial charge on any atom is -0.493 e. The van der Waals surface area contributed by atoms with Gasteiger partial charge in [0.05, 0.1) is 13.7 Å². The zero-order chi connectivity index (χ0) is 13.9. The summed E-state index contributed by atoms with van der Waals surface area (Å²) < 4.78 is 10.6. The lowest BCUT2D eigenvalue weighted by Gasteiger charge is -2.13. The van der Waals surface area contributed by atoms with Gasteiger partial charge < -0.3 is 15.2 Å². The molecular formula is C16H18N2O2. The summed E-state index contributed by atoms with van der Waals surface area (Å²) in [5, 5.41) is 0. The van der Waals surface area contributed by atoms with E-state index in [2.05, 4.69) is 11.1 Å². The van der Waals surface area contributed by atoms with E-state index in [1.165, 1.54) is 5.56 Å². The second-order valence-corrected chi connectivity index (χ2v) is 4.99. The molecule has 2 N–H and O–H groups in total. The number of hydrogen-bond donors (Lipinski definition) is 1. The Labute approximate surface area is 118 Å². The second kappa shape index (κ2) is 5.51. The maximum absolute atomic E-state index is 6.29. The van der Waals surface area contributed by atoms with Gasteiger partial charge in [0, 0.05) is 24.7 Å². The van der Waals surface area contributed by atoms with Crippen LogP contribution in [-0.2, 0) is 12.8 Å². The highest BCUT2D eigenvalue weighted by molar-refractivity contribution is 5.41. The van der Waals surface area contributed by atoms with Crippen LogP contribution in [0.2, 0.25) is 0 Å². The summed E-state index contributed by atoms with van der Waals surface area (Å²) in [4.78, 5) is 4.20. The van der Waals surface area contributed by atoms with Gasteiger partial charge >= 0.3 is 0 Å². The Morgan fingerprint density at radius 2 is 2.25 bits per heavy atom. The monoisotopic (exact) mass is 270 g/mol. The molecule has 0 fully saturated rings. The number of fused-ring (bicyclic) bond motifs is 1. The van der Waals surface area contributed by atoms with Crippen molar-refractivity contribution in [2.75, 3.05) is 13.7 Å². The number of hydrogen-bond acceptors (Lipinski definition) is 4. The third kappa shape index (κ3) is 2.60. The molecule has 1 aliphatic rings. The zero-order valence-electron chi connectivity index (χ0n) is 11.5. The molecule has 1 aliphatic heterocycles. The number of pyridine rings is 1. The van der Waals surface area contributed by atoms with Crippen LogP contribution >= 0.6 is 0 Å². The maximum atomic E-state index is 6.29. The quantitative estimate of drug-likeness (QED) is 0.926. The van der Waals surface area contributed by atoms with Crippen molar-refractivity contribution >= 4 is 0 Å². The minimum absolute atomic E-state index is 0.0314. The molecule has 20 heavy (non-hydrogen) atoms. The van der Waals surface area contributed by atoms with Crippen LogP contribution in [0.25, 0.3) is 0 Å². The third-order valence-corrected chi connectivity index (χ3v) is 3.60. The molecule has 0 amide bonds. The predicted octanol–water partition coefficient (Wildman–Crippen LogP) is 2.27. The van der Waals surface area contributed by atoms with E-state index >= 15 is 0 Å². The van der Waals surface area contributed by atoms with Crippen molar-refractivity contribution < 1.29 is 9.47 Å². The summed E-state index contributed by atoms with van der Waals surface area (Å²) in [5.74, 6) is 1.61. The first kappa shape index (κ1) is 12.9. The van der Waals surface area contributed by atoms with Crippen molar-refractivity contribution in [3.05, 3.63) is 53.2 Å². The van der Waals surface area contributed by atoms with E-state index in [-0.39, 0.29) is 6.04 Å². The van der Waals surface area contributed by atoms with Gasteiger partial charge in [0.25, 0.3) is 0 Å². The first-order valence-electron chi connectivity index (χ1n) is 6.76. The van der Waals surface area contributed by atoms with Crippen LogP contribution in [0.5, 0.6) is 11.6 Å². The van der Waals surface area contributed by atoms with E-state index in [4.69, 9.17) is 15.2 Å². The number of ether oxygens (including phenoxy) is 2. The van der Waals surface area contributed by atoms with Gasteiger partial charge in [0.15, 0.2) is 0 Å². The summed E-state index contributed by atoms with van der Waals surface area (Å²) >= 11 is 0. The number of benzene rings is 1. The van der Waals surface area contributed by atoms with Gasteiger partial charge in [-0.15, -0.1) is 0 Å².